The molecule has 29 heavy (non-hydrogen) atoms. The van der Waals surface area contributed by atoms with Gasteiger partial charge in [-0.1, -0.05) is 19.3 Å². The highest BCUT2D eigenvalue weighted by atomic mass is 16.5. The summed E-state index contributed by atoms with van der Waals surface area (Å²) in [5.41, 5.74) is 1.18. The zero-order chi connectivity index (χ0) is 20.2. The van der Waals surface area contributed by atoms with E-state index in [1.54, 1.807) is 18.2 Å². The Kier molecular flexibility index (Phi) is 6.02. The number of piperidine rings is 1. The summed E-state index contributed by atoms with van der Waals surface area (Å²) in [6.07, 6.45) is 8.40. The molecule has 1 saturated heterocycles. The molecule has 2 aliphatic heterocycles. The van der Waals surface area contributed by atoms with Crippen molar-refractivity contribution in [3.05, 3.63) is 18.2 Å². The summed E-state index contributed by atoms with van der Waals surface area (Å²) in [5, 5.41) is 2.99. The van der Waals surface area contributed by atoms with Crippen LogP contribution in [-0.4, -0.2) is 48.9 Å². The molecule has 1 N–H and O–H groups in total. The maximum Gasteiger partial charge on any atom is 0.265 e. The van der Waals surface area contributed by atoms with E-state index in [9.17, 15) is 14.4 Å². The number of ether oxygens (including phenoxy) is 1. The van der Waals surface area contributed by atoms with Gasteiger partial charge in [0.25, 0.3) is 5.91 Å². The van der Waals surface area contributed by atoms with Crippen LogP contribution in [0.2, 0.25) is 0 Å². The Morgan fingerprint density at radius 2 is 1.76 bits per heavy atom. The van der Waals surface area contributed by atoms with E-state index in [1.165, 1.54) is 11.3 Å². The highest BCUT2D eigenvalue weighted by Gasteiger charge is 2.30. The number of anilines is 2. The van der Waals surface area contributed by atoms with Crippen molar-refractivity contribution in [1.29, 1.82) is 0 Å². The zero-order valence-corrected chi connectivity index (χ0v) is 16.8. The topological polar surface area (TPSA) is 79.0 Å². The SMILES string of the molecule is O=C(Nc1ccc2c(c1)N(CC(=O)N1CCCCC1)C(=O)CO2)C1CCCCC1. The van der Waals surface area contributed by atoms with Gasteiger partial charge in [0.2, 0.25) is 11.8 Å². The van der Waals surface area contributed by atoms with Crippen LogP contribution in [0.1, 0.15) is 51.4 Å². The lowest BCUT2D eigenvalue weighted by atomic mass is 9.88. The van der Waals surface area contributed by atoms with Gasteiger partial charge in [-0.2, -0.15) is 0 Å². The first-order chi connectivity index (χ1) is 14.1. The number of benzene rings is 1. The third-order valence-electron chi connectivity index (χ3n) is 6.15. The molecule has 1 aliphatic carbocycles. The van der Waals surface area contributed by atoms with Gasteiger partial charge in [-0.05, 0) is 50.3 Å². The number of carbonyl (C=O) groups is 3. The number of amides is 3. The van der Waals surface area contributed by atoms with E-state index in [0.717, 1.165) is 58.0 Å². The Hall–Kier alpha value is -2.57. The van der Waals surface area contributed by atoms with E-state index in [1.807, 2.05) is 4.90 Å². The summed E-state index contributed by atoms with van der Waals surface area (Å²) in [6, 6.07) is 5.30. The normalized spacial score (nSPS) is 20.1. The lowest BCUT2D eigenvalue weighted by molar-refractivity contribution is -0.132. The quantitative estimate of drug-likeness (QED) is 0.844. The van der Waals surface area contributed by atoms with Crippen LogP contribution in [-0.2, 0) is 14.4 Å². The fraction of sp³-hybridized carbons (Fsp3) is 0.591. The van der Waals surface area contributed by atoms with Crippen molar-refractivity contribution in [1.82, 2.24) is 4.90 Å². The largest absolute Gasteiger partial charge is 0.482 e. The van der Waals surface area contributed by atoms with Gasteiger partial charge in [0, 0.05) is 24.7 Å². The van der Waals surface area contributed by atoms with Crippen LogP contribution < -0.4 is 15.0 Å². The molecule has 0 radical (unpaired) electrons. The van der Waals surface area contributed by atoms with E-state index in [0.29, 0.717) is 17.1 Å². The van der Waals surface area contributed by atoms with Crippen molar-refractivity contribution in [3.8, 4) is 5.75 Å². The molecule has 1 saturated carbocycles. The van der Waals surface area contributed by atoms with Crippen molar-refractivity contribution in [2.45, 2.75) is 51.4 Å². The Balaban J connectivity index is 1.48. The second-order valence-electron chi connectivity index (χ2n) is 8.22. The Morgan fingerprint density at radius 1 is 1.03 bits per heavy atom. The minimum Gasteiger partial charge on any atom is -0.482 e. The second kappa shape index (κ2) is 8.84. The molecule has 0 spiro atoms. The first-order valence-corrected chi connectivity index (χ1v) is 10.8. The van der Waals surface area contributed by atoms with E-state index in [4.69, 9.17) is 4.74 Å². The smallest absolute Gasteiger partial charge is 0.265 e. The third-order valence-corrected chi connectivity index (χ3v) is 6.15. The van der Waals surface area contributed by atoms with Gasteiger partial charge in [-0.25, -0.2) is 0 Å². The molecule has 3 amide bonds. The first-order valence-electron chi connectivity index (χ1n) is 10.8. The lowest BCUT2D eigenvalue weighted by Crippen LogP contribution is -2.47. The summed E-state index contributed by atoms with van der Waals surface area (Å²) in [7, 11) is 0. The molecule has 1 aromatic rings. The molecule has 0 unspecified atom stereocenters. The van der Waals surface area contributed by atoms with Crippen molar-refractivity contribution >= 4 is 29.1 Å². The number of hydrogen-bond acceptors (Lipinski definition) is 4. The highest BCUT2D eigenvalue weighted by molar-refractivity contribution is 6.03. The minimum absolute atomic E-state index is 0.00914. The monoisotopic (exact) mass is 399 g/mol. The van der Waals surface area contributed by atoms with Gasteiger partial charge in [0.1, 0.15) is 12.3 Å². The van der Waals surface area contributed by atoms with E-state index in [2.05, 4.69) is 5.32 Å². The predicted molar refractivity (Wildman–Crippen MR) is 110 cm³/mol. The molecule has 7 heteroatoms. The number of likely N-dealkylation sites (tertiary alicyclic amines) is 1. The molecule has 0 aromatic heterocycles. The number of nitrogens with one attached hydrogen (secondary N) is 1. The molecule has 4 rings (SSSR count). The van der Waals surface area contributed by atoms with Crippen molar-refractivity contribution in [2.24, 2.45) is 5.92 Å². The lowest BCUT2D eigenvalue weighted by Gasteiger charge is -2.33. The summed E-state index contributed by atoms with van der Waals surface area (Å²) in [5.74, 6) is 0.367. The van der Waals surface area contributed by atoms with E-state index >= 15 is 0 Å². The van der Waals surface area contributed by atoms with Gasteiger partial charge in [-0.3, -0.25) is 19.3 Å². The van der Waals surface area contributed by atoms with Gasteiger partial charge in [0.05, 0.1) is 5.69 Å². The van der Waals surface area contributed by atoms with E-state index < -0.39 is 0 Å². The van der Waals surface area contributed by atoms with Crippen LogP contribution in [0, 0.1) is 5.92 Å². The molecule has 2 heterocycles. The Labute approximate surface area is 171 Å². The Morgan fingerprint density at radius 3 is 2.52 bits per heavy atom. The first kappa shape index (κ1) is 19.7. The van der Waals surface area contributed by atoms with Gasteiger partial charge in [-0.15, -0.1) is 0 Å². The van der Waals surface area contributed by atoms with Gasteiger partial charge in [0.15, 0.2) is 6.61 Å². The summed E-state index contributed by atoms with van der Waals surface area (Å²) < 4.78 is 5.54. The molecule has 2 fully saturated rings. The van der Waals surface area contributed by atoms with E-state index in [-0.39, 0.29) is 36.8 Å². The van der Waals surface area contributed by atoms with Crippen LogP contribution >= 0.6 is 0 Å². The minimum atomic E-state index is -0.237. The zero-order valence-electron chi connectivity index (χ0n) is 16.8. The summed E-state index contributed by atoms with van der Waals surface area (Å²) in [6.45, 7) is 1.44. The second-order valence-corrected chi connectivity index (χ2v) is 8.22. The summed E-state index contributed by atoms with van der Waals surface area (Å²) >= 11 is 0. The molecular formula is C22H29N3O4. The number of hydrogen-bond donors (Lipinski definition) is 1. The van der Waals surface area contributed by atoms with Crippen molar-refractivity contribution in [2.75, 3.05) is 36.5 Å². The maximum absolute atomic E-state index is 12.7. The fourth-order valence-electron chi connectivity index (χ4n) is 4.44. The van der Waals surface area contributed by atoms with Crippen LogP contribution in [0.15, 0.2) is 18.2 Å². The predicted octanol–water partition coefficient (Wildman–Crippen LogP) is 2.94. The van der Waals surface area contributed by atoms with Crippen LogP contribution in [0.3, 0.4) is 0 Å². The average Bonchev–Trinajstić information content (AvgIpc) is 2.77. The van der Waals surface area contributed by atoms with Crippen molar-refractivity contribution in [3.63, 3.8) is 0 Å². The number of rotatable bonds is 4. The van der Waals surface area contributed by atoms with Crippen molar-refractivity contribution < 1.29 is 19.1 Å². The van der Waals surface area contributed by atoms with Gasteiger partial charge >= 0.3 is 0 Å². The molecule has 7 nitrogen and oxygen atoms in total. The number of fused-ring (bicyclic) bond motifs is 1. The molecule has 1 aromatic carbocycles. The summed E-state index contributed by atoms with van der Waals surface area (Å²) in [4.78, 5) is 41.1. The number of carbonyl (C=O) groups excluding carboxylic acids is 3. The van der Waals surface area contributed by atoms with Gasteiger partial charge < -0.3 is 15.0 Å². The highest BCUT2D eigenvalue weighted by Crippen LogP contribution is 2.35. The fourth-order valence-corrected chi connectivity index (χ4v) is 4.44. The third kappa shape index (κ3) is 4.54. The van der Waals surface area contributed by atoms with Crippen LogP contribution in [0.5, 0.6) is 5.75 Å². The molecule has 3 aliphatic rings. The standard InChI is InChI=1S/C22H29N3O4/c26-20(24-11-5-2-6-12-24)14-25-18-13-17(9-10-19(18)29-15-21(25)27)23-22(28)16-7-3-1-4-8-16/h9-10,13,16H,1-8,11-12,14-15H2,(H,23,28). The molecule has 0 atom stereocenters. The molecular weight excluding hydrogens is 370 g/mol. The number of nitrogens with zero attached hydrogens (tertiary/aromatic N) is 2. The molecule has 0 bridgehead atoms. The average molecular weight is 399 g/mol. The van der Waals surface area contributed by atoms with Crippen LogP contribution in [0.25, 0.3) is 0 Å². The van der Waals surface area contributed by atoms with Crippen LogP contribution in [0.4, 0.5) is 11.4 Å². The maximum atomic E-state index is 12.7. The molecule has 156 valence electrons. The Bertz CT molecular complexity index is 782.